The Hall–Kier alpha value is 0.701. The van der Waals surface area contributed by atoms with Crippen LogP contribution in [0.15, 0.2) is 0 Å². The molecule has 0 saturated heterocycles. The zero-order chi connectivity index (χ0) is 4.99. The molecule has 0 rings (SSSR count). The van der Waals surface area contributed by atoms with Crippen molar-refractivity contribution in [3.8, 4) is 0 Å². The van der Waals surface area contributed by atoms with Gasteiger partial charge in [-0.15, -0.1) is 0 Å². The zero-order valence-electron chi connectivity index (χ0n) is 2.40. The van der Waals surface area contributed by atoms with Crippen LogP contribution in [-0.4, -0.2) is 5.09 Å². The molecule has 0 saturated carbocycles. The van der Waals surface area contributed by atoms with Gasteiger partial charge in [-0.25, -0.2) is 0 Å². The molecule has 0 aliphatic heterocycles. The maximum absolute atomic E-state index is 10.7. The van der Waals surface area contributed by atoms with E-state index in [2.05, 4.69) is 0.158 Å². The number of halogens is 1. The van der Waals surface area contributed by atoms with Gasteiger partial charge < -0.3 is 0 Å². The van der Waals surface area contributed by atoms with E-state index >= 15 is 0 Å². The second-order valence-electron chi connectivity index (χ2n) is 0.343. The monoisotopic (exact) mass is 213 g/mol. The maximum atomic E-state index is 10.7. The fourth-order valence-electron chi connectivity index (χ4n) is 0.0199. The van der Waals surface area contributed by atoms with Crippen LogP contribution in [0.4, 0.5) is 0.0835 Å². The van der Waals surface area contributed by atoms with E-state index in [1.165, 1.54) is 0 Å². The first-order valence-corrected chi connectivity index (χ1v) is 2.41. The molecule has 0 aliphatic rings. The first-order valence-electron chi connectivity index (χ1n) is 0.826. The van der Waals surface area contributed by atoms with Crippen molar-refractivity contribution in [2.24, 2.45) is 0 Å². The summed E-state index contributed by atoms with van der Waals surface area (Å²) in [5, 5.41) is 7.81. The molecule has 0 amide bonds. The topological polar surface area (TPSA) is 52.4 Å². The third kappa shape index (κ3) is 4.70. The first-order chi connectivity index (χ1) is 2.77. The predicted octanol–water partition coefficient (Wildman–Crippen LogP) is 0.0792. The molecule has 38 valence electrons. The van der Waals surface area contributed by atoms with E-state index < -0.39 is 50.9 Å². The van der Waals surface area contributed by atoms with Gasteiger partial charge in [0.05, 0.1) is 0 Å². The van der Waals surface area contributed by atoms with E-state index in [1.54, 1.807) is 0 Å². The zero-order valence-corrected chi connectivity index (χ0v) is 4.42. The van der Waals surface area contributed by atoms with Gasteiger partial charge in [0.15, 0.2) is 0 Å². The number of hydrogen-bond donors (Lipinski definition) is 0. The first kappa shape index (κ1) is 6.70. The van der Waals surface area contributed by atoms with Crippen molar-refractivity contribution < 1.29 is 51.1 Å². The van der Waals surface area contributed by atoms with E-state index in [0.717, 1.165) is 0 Å². The molecule has 0 N–H and O–H groups in total. The van der Waals surface area contributed by atoms with Crippen LogP contribution >= 0.6 is 0 Å². The van der Waals surface area contributed by atoms with Crippen molar-refractivity contribution in [2.75, 3.05) is 0 Å². The SMILES string of the molecule is O=[N+]([O-])O[Xe]F. The molecule has 0 unspecified atom stereocenters. The Bertz CT molecular complexity index is 54.8. The molecule has 0 bridgehead atoms. The Kier molecular flexibility index (Phi) is 4.33. The number of hydrogen-bond acceptors (Lipinski definition) is 3. The molecule has 6 heavy (non-hydrogen) atoms. The molecule has 6 heteroatoms. The minimum absolute atomic E-state index is 1.15. The van der Waals surface area contributed by atoms with Gasteiger partial charge in [0.1, 0.15) is 0 Å². The summed E-state index contributed by atoms with van der Waals surface area (Å²) in [5.41, 5.74) is 0. The van der Waals surface area contributed by atoms with E-state index in [0.29, 0.717) is 0 Å². The van der Waals surface area contributed by atoms with Crippen LogP contribution in [0.1, 0.15) is 0 Å². The second kappa shape index (κ2) is 3.88. The summed E-state index contributed by atoms with van der Waals surface area (Å²) < 4.78 is 13.9. The van der Waals surface area contributed by atoms with E-state index in [1.807, 2.05) is 0 Å². The van der Waals surface area contributed by atoms with E-state index in [-0.39, 0.29) is 0 Å². The molecule has 0 atom stereocenters. The standard InChI is InChI=1S/FNO3Xe/c1-6-5-2(3)4. The average molecular weight is 212 g/mol. The molecule has 0 aliphatic carbocycles. The normalized spacial score (nSPS) is 8.17. The van der Waals surface area contributed by atoms with Crippen molar-refractivity contribution in [1.29, 1.82) is 0 Å². The van der Waals surface area contributed by atoms with Gasteiger partial charge in [0.25, 0.3) is 0 Å². The molecule has 0 aromatic heterocycles. The Balaban J connectivity index is 2.83. The Morgan fingerprint density at radius 3 is 2.50 bits per heavy atom. The van der Waals surface area contributed by atoms with Crippen LogP contribution in [0, 0.1) is 55.9 Å². The van der Waals surface area contributed by atoms with Gasteiger partial charge in [-0.05, 0) is 0 Å². The van der Waals surface area contributed by atoms with Crippen molar-refractivity contribution in [3.05, 3.63) is 10.1 Å². The quantitative estimate of drug-likeness (QED) is 0.481. The molecule has 0 heterocycles. The van der Waals surface area contributed by atoms with Crippen molar-refractivity contribution in [1.82, 2.24) is 0 Å². The van der Waals surface area contributed by atoms with Crippen LogP contribution in [0.3, 0.4) is 0 Å². The van der Waals surface area contributed by atoms with Gasteiger partial charge in [0.2, 0.25) is 0 Å². The molecule has 0 fully saturated rings. The van der Waals surface area contributed by atoms with Gasteiger partial charge >= 0.3 is 61.2 Å². The van der Waals surface area contributed by atoms with Crippen LogP contribution < -0.4 is 0 Å². The van der Waals surface area contributed by atoms with E-state index in [4.69, 9.17) is 10.1 Å². The third-order valence-electron chi connectivity index (χ3n) is 0.0771. The molecular weight excluding hydrogens is 212 g/mol. The summed E-state index contributed by atoms with van der Waals surface area (Å²) in [5.74, 6) is 0. The second-order valence-corrected chi connectivity index (χ2v) is 1.02. The Morgan fingerprint density at radius 1 is 2.00 bits per heavy atom. The Morgan fingerprint density at radius 2 is 2.50 bits per heavy atom. The molecule has 0 radical (unpaired) electrons. The molecule has 4 nitrogen and oxygen atoms in total. The van der Waals surface area contributed by atoms with Crippen LogP contribution in [0.25, 0.3) is 0 Å². The van der Waals surface area contributed by atoms with Crippen molar-refractivity contribution in [3.63, 3.8) is 0 Å². The van der Waals surface area contributed by atoms with Crippen molar-refractivity contribution in [2.45, 2.75) is 0 Å². The molecular formula is FNO3Xe. The summed E-state index contributed by atoms with van der Waals surface area (Å²) in [6, 6.07) is 0. The van der Waals surface area contributed by atoms with Gasteiger partial charge in [-0.2, -0.15) is 0 Å². The summed E-state index contributed by atoms with van der Waals surface area (Å²) >= 11 is -1.99. The summed E-state index contributed by atoms with van der Waals surface area (Å²) in [6.45, 7) is 0. The third-order valence-corrected chi connectivity index (χ3v) is 0.517. The fourth-order valence-corrected chi connectivity index (χ4v) is 0.134. The molecule has 0 aromatic rings. The van der Waals surface area contributed by atoms with Crippen LogP contribution in [0.5, 0.6) is 0 Å². The summed E-state index contributed by atoms with van der Waals surface area (Å²) in [6.07, 6.45) is 0. The summed E-state index contributed by atoms with van der Waals surface area (Å²) in [7, 11) is 0. The molecule has 0 spiro atoms. The predicted molar refractivity (Wildman–Crippen MR) is 9.19 cm³/mol. The van der Waals surface area contributed by atoms with Crippen molar-refractivity contribution >= 4 is 0 Å². The fraction of sp³-hybridized carbons (Fsp3) is 0. The van der Waals surface area contributed by atoms with E-state index in [9.17, 15) is 0.0835 Å². The van der Waals surface area contributed by atoms with Gasteiger partial charge in [0, 0.05) is 0 Å². The number of nitrogens with zero attached hydrogens (tertiary/aromatic N) is 1. The van der Waals surface area contributed by atoms with Gasteiger partial charge in [-0.3, -0.25) is 0 Å². The van der Waals surface area contributed by atoms with Crippen LogP contribution in [-0.2, 0) is 0.158 Å². The average Bonchev–Trinajstić information content (AvgIpc) is 1.35. The Labute approximate surface area is 60.3 Å². The number of rotatable bonds is 2. The summed E-state index contributed by atoms with van der Waals surface area (Å²) in [4.78, 5) is 8.97. The molecule has 0 aromatic carbocycles. The van der Waals surface area contributed by atoms with Crippen LogP contribution in [0.2, 0.25) is 0 Å². The minimum atomic E-state index is -1.99. The van der Waals surface area contributed by atoms with Gasteiger partial charge in [-0.1, -0.05) is 0 Å².